The molecule has 0 saturated carbocycles. The first-order chi connectivity index (χ1) is 10.3. The van der Waals surface area contributed by atoms with Crippen LogP contribution < -0.4 is 10.3 Å². The van der Waals surface area contributed by atoms with E-state index >= 15 is 0 Å². The third kappa shape index (κ3) is 1.91. The van der Waals surface area contributed by atoms with Crippen molar-refractivity contribution in [1.29, 1.82) is 0 Å². The monoisotopic (exact) mass is 278 g/mol. The maximum absolute atomic E-state index is 12.7. The van der Waals surface area contributed by atoms with E-state index in [1.54, 1.807) is 10.8 Å². The molecule has 0 amide bonds. The highest BCUT2D eigenvalue weighted by Crippen LogP contribution is 2.30. The van der Waals surface area contributed by atoms with Crippen LogP contribution >= 0.6 is 0 Å². The second-order valence-electron chi connectivity index (χ2n) is 5.15. The fraction of sp³-hybridized carbons (Fsp3) is 0.176. The van der Waals surface area contributed by atoms with Gasteiger partial charge in [-0.15, -0.1) is 0 Å². The Morgan fingerprint density at radius 1 is 1.14 bits per heavy atom. The van der Waals surface area contributed by atoms with Gasteiger partial charge in [0.1, 0.15) is 5.52 Å². The Labute approximate surface area is 121 Å². The molecule has 4 heteroatoms. The fourth-order valence-corrected chi connectivity index (χ4v) is 2.86. The predicted octanol–water partition coefficient (Wildman–Crippen LogP) is 2.38. The zero-order valence-corrected chi connectivity index (χ0v) is 11.5. The van der Waals surface area contributed by atoms with E-state index in [0.717, 1.165) is 22.2 Å². The SMILES string of the molecule is O=c1c2c(c3ncccc3n1Cc1ccccc1)OCC2. The fourth-order valence-electron chi connectivity index (χ4n) is 2.86. The Bertz CT molecular complexity index is 869. The van der Waals surface area contributed by atoms with Gasteiger partial charge in [0.05, 0.1) is 24.2 Å². The van der Waals surface area contributed by atoms with E-state index in [2.05, 4.69) is 4.98 Å². The minimum absolute atomic E-state index is 0.0341. The molecule has 1 aliphatic rings. The Hall–Kier alpha value is -2.62. The molecule has 0 aliphatic carbocycles. The van der Waals surface area contributed by atoms with Crippen molar-refractivity contribution >= 4 is 11.0 Å². The van der Waals surface area contributed by atoms with Crippen LogP contribution in [0.5, 0.6) is 5.75 Å². The summed E-state index contributed by atoms with van der Waals surface area (Å²) in [6.07, 6.45) is 2.40. The summed E-state index contributed by atoms with van der Waals surface area (Å²) in [4.78, 5) is 17.1. The molecule has 0 N–H and O–H groups in total. The topological polar surface area (TPSA) is 44.1 Å². The van der Waals surface area contributed by atoms with E-state index in [1.807, 2.05) is 42.5 Å². The zero-order chi connectivity index (χ0) is 14.2. The summed E-state index contributed by atoms with van der Waals surface area (Å²) in [5.74, 6) is 0.667. The third-order valence-corrected chi connectivity index (χ3v) is 3.85. The van der Waals surface area contributed by atoms with Crippen LogP contribution in [0.3, 0.4) is 0 Å². The number of hydrogen-bond acceptors (Lipinski definition) is 3. The van der Waals surface area contributed by atoms with Crippen LogP contribution in [0.25, 0.3) is 11.0 Å². The van der Waals surface area contributed by atoms with Gasteiger partial charge in [0.25, 0.3) is 5.56 Å². The van der Waals surface area contributed by atoms with Gasteiger partial charge in [0.2, 0.25) is 0 Å². The van der Waals surface area contributed by atoms with Gasteiger partial charge in [-0.2, -0.15) is 0 Å². The van der Waals surface area contributed by atoms with Crippen molar-refractivity contribution in [2.75, 3.05) is 6.61 Å². The summed E-state index contributed by atoms with van der Waals surface area (Å²) in [6, 6.07) is 13.8. The van der Waals surface area contributed by atoms with E-state index in [4.69, 9.17) is 4.74 Å². The molecule has 0 unspecified atom stereocenters. The summed E-state index contributed by atoms with van der Waals surface area (Å²) in [7, 11) is 0. The molecule has 0 atom stereocenters. The Balaban J connectivity index is 1.98. The lowest BCUT2D eigenvalue weighted by molar-refractivity contribution is 0.359. The molecular weight excluding hydrogens is 264 g/mol. The van der Waals surface area contributed by atoms with E-state index in [0.29, 0.717) is 25.3 Å². The average Bonchev–Trinajstić information content (AvgIpc) is 3.02. The molecule has 1 aromatic carbocycles. The molecule has 3 aromatic rings. The second-order valence-corrected chi connectivity index (χ2v) is 5.15. The molecule has 3 heterocycles. The smallest absolute Gasteiger partial charge is 0.258 e. The van der Waals surface area contributed by atoms with Gasteiger partial charge in [-0.1, -0.05) is 30.3 Å². The number of fused-ring (bicyclic) bond motifs is 3. The van der Waals surface area contributed by atoms with Crippen molar-refractivity contribution in [3.05, 3.63) is 70.1 Å². The van der Waals surface area contributed by atoms with Gasteiger partial charge in [0.15, 0.2) is 5.75 Å². The van der Waals surface area contributed by atoms with Gasteiger partial charge in [-0.05, 0) is 17.7 Å². The average molecular weight is 278 g/mol. The number of pyridine rings is 2. The van der Waals surface area contributed by atoms with Crippen molar-refractivity contribution in [2.45, 2.75) is 13.0 Å². The lowest BCUT2D eigenvalue weighted by atomic mass is 10.1. The summed E-state index contributed by atoms with van der Waals surface area (Å²) in [6.45, 7) is 1.11. The van der Waals surface area contributed by atoms with Crippen molar-refractivity contribution < 1.29 is 4.74 Å². The number of aromatic nitrogens is 2. The maximum atomic E-state index is 12.7. The van der Waals surface area contributed by atoms with E-state index in [-0.39, 0.29) is 5.56 Å². The first-order valence-corrected chi connectivity index (χ1v) is 7.02. The summed E-state index contributed by atoms with van der Waals surface area (Å²) in [5, 5.41) is 0. The molecule has 0 fully saturated rings. The minimum atomic E-state index is 0.0341. The van der Waals surface area contributed by atoms with Gasteiger partial charge < -0.3 is 9.30 Å². The highest BCUT2D eigenvalue weighted by molar-refractivity contribution is 5.83. The predicted molar refractivity (Wildman–Crippen MR) is 80.7 cm³/mol. The van der Waals surface area contributed by atoms with Crippen molar-refractivity contribution in [3.63, 3.8) is 0 Å². The zero-order valence-electron chi connectivity index (χ0n) is 11.5. The van der Waals surface area contributed by atoms with Gasteiger partial charge in [-0.3, -0.25) is 9.78 Å². The molecule has 0 saturated heterocycles. The summed E-state index contributed by atoms with van der Waals surface area (Å²) in [5.41, 5.74) is 3.49. The highest BCUT2D eigenvalue weighted by Gasteiger charge is 2.23. The van der Waals surface area contributed by atoms with Crippen LogP contribution in [0, 0.1) is 0 Å². The number of hydrogen-bond donors (Lipinski definition) is 0. The van der Waals surface area contributed by atoms with Crippen LogP contribution in [0.4, 0.5) is 0 Å². The maximum Gasteiger partial charge on any atom is 0.258 e. The van der Waals surface area contributed by atoms with Crippen LogP contribution in [-0.2, 0) is 13.0 Å². The van der Waals surface area contributed by atoms with Crippen molar-refractivity contribution in [3.8, 4) is 5.75 Å². The quantitative estimate of drug-likeness (QED) is 0.723. The minimum Gasteiger partial charge on any atom is -0.490 e. The standard InChI is InChI=1S/C17H14N2O2/c20-17-13-8-10-21-16(13)15-14(7-4-9-18-15)19(17)11-12-5-2-1-3-6-12/h1-7,9H,8,10-11H2. The molecule has 2 aromatic heterocycles. The number of nitrogens with zero attached hydrogens (tertiary/aromatic N) is 2. The van der Waals surface area contributed by atoms with Gasteiger partial charge in [0, 0.05) is 12.6 Å². The van der Waals surface area contributed by atoms with Crippen LogP contribution in [0.2, 0.25) is 0 Å². The second kappa shape index (κ2) is 4.74. The molecule has 1 aliphatic heterocycles. The number of ether oxygens (including phenoxy) is 1. The normalized spacial score (nSPS) is 13.1. The van der Waals surface area contributed by atoms with E-state index in [9.17, 15) is 4.79 Å². The van der Waals surface area contributed by atoms with Gasteiger partial charge in [-0.25, -0.2) is 0 Å². The Morgan fingerprint density at radius 2 is 2.00 bits per heavy atom. The van der Waals surface area contributed by atoms with E-state index < -0.39 is 0 Å². The highest BCUT2D eigenvalue weighted by atomic mass is 16.5. The Morgan fingerprint density at radius 3 is 2.86 bits per heavy atom. The van der Waals surface area contributed by atoms with Crippen LogP contribution in [0.1, 0.15) is 11.1 Å². The summed E-state index contributed by atoms with van der Waals surface area (Å²) >= 11 is 0. The lowest BCUT2D eigenvalue weighted by Crippen LogP contribution is -2.24. The molecule has 0 radical (unpaired) electrons. The molecule has 4 nitrogen and oxygen atoms in total. The van der Waals surface area contributed by atoms with Crippen LogP contribution in [-0.4, -0.2) is 16.2 Å². The van der Waals surface area contributed by atoms with E-state index in [1.165, 1.54) is 0 Å². The largest absolute Gasteiger partial charge is 0.490 e. The van der Waals surface area contributed by atoms with Crippen molar-refractivity contribution in [1.82, 2.24) is 9.55 Å². The molecule has 0 bridgehead atoms. The van der Waals surface area contributed by atoms with Gasteiger partial charge >= 0.3 is 0 Å². The molecule has 104 valence electrons. The van der Waals surface area contributed by atoms with Crippen LogP contribution in [0.15, 0.2) is 53.5 Å². The number of rotatable bonds is 2. The summed E-state index contributed by atoms with van der Waals surface area (Å²) < 4.78 is 7.42. The molecular formula is C17H14N2O2. The first kappa shape index (κ1) is 12.1. The third-order valence-electron chi connectivity index (χ3n) is 3.85. The molecule has 21 heavy (non-hydrogen) atoms. The lowest BCUT2D eigenvalue weighted by Gasteiger charge is -2.12. The molecule has 4 rings (SSSR count). The molecule has 0 spiro atoms. The Kier molecular flexibility index (Phi) is 2.74. The first-order valence-electron chi connectivity index (χ1n) is 7.02. The number of benzene rings is 1. The van der Waals surface area contributed by atoms with Crippen molar-refractivity contribution in [2.24, 2.45) is 0 Å².